The molecule has 1 saturated heterocycles. The second-order valence-electron chi connectivity index (χ2n) is 2.47. The first-order chi connectivity index (χ1) is 5.59. The highest BCUT2D eigenvalue weighted by atomic mass is 16.4. The van der Waals surface area contributed by atoms with Crippen LogP contribution in [0.1, 0.15) is 0 Å². The summed E-state index contributed by atoms with van der Waals surface area (Å²) in [6, 6.07) is 0. The van der Waals surface area contributed by atoms with Gasteiger partial charge in [-0.3, -0.25) is 14.5 Å². The van der Waals surface area contributed by atoms with Crippen LogP contribution in [0.5, 0.6) is 0 Å². The van der Waals surface area contributed by atoms with E-state index in [1.54, 1.807) is 0 Å². The van der Waals surface area contributed by atoms with Gasteiger partial charge in [-0.15, -0.1) is 6.58 Å². The number of aliphatic hydroxyl groups excluding tert-OH is 2. The minimum absolute atomic E-state index is 0.0196. The zero-order valence-electron chi connectivity index (χ0n) is 6.30. The SMILES string of the molecule is C=CCN1C(=O)[C@H](O)[C@@H](O)C1=O. The zero-order chi connectivity index (χ0) is 9.30. The first-order valence-corrected chi connectivity index (χ1v) is 3.42. The van der Waals surface area contributed by atoms with Gasteiger partial charge in [0.15, 0.2) is 12.2 Å². The van der Waals surface area contributed by atoms with Crippen LogP contribution in [-0.4, -0.2) is 45.7 Å². The number of nitrogens with zero attached hydrogens (tertiary/aromatic N) is 1. The van der Waals surface area contributed by atoms with Gasteiger partial charge in [0.25, 0.3) is 11.8 Å². The maximum Gasteiger partial charge on any atom is 0.261 e. The van der Waals surface area contributed by atoms with Crippen molar-refractivity contribution in [3.63, 3.8) is 0 Å². The maximum atomic E-state index is 11.0. The number of amides is 2. The van der Waals surface area contributed by atoms with E-state index in [0.717, 1.165) is 4.90 Å². The van der Waals surface area contributed by atoms with Gasteiger partial charge in [-0.2, -0.15) is 0 Å². The van der Waals surface area contributed by atoms with Gasteiger partial charge in [0.1, 0.15) is 0 Å². The average molecular weight is 171 g/mol. The summed E-state index contributed by atoms with van der Waals surface area (Å²) in [6.45, 7) is 3.35. The number of imide groups is 1. The van der Waals surface area contributed by atoms with Crippen molar-refractivity contribution in [1.82, 2.24) is 4.90 Å². The number of hydrogen-bond acceptors (Lipinski definition) is 4. The lowest BCUT2D eigenvalue weighted by atomic mass is 10.2. The molecule has 12 heavy (non-hydrogen) atoms. The lowest BCUT2D eigenvalue weighted by Gasteiger charge is -2.09. The van der Waals surface area contributed by atoms with Gasteiger partial charge in [-0.25, -0.2) is 0 Å². The Morgan fingerprint density at radius 2 is 1.75 bits per heavy atom. The second kappa shape index (κ2) is 3.04. The van der Waals surface area contributed by atoms with Crippen LogP contribution in [0.15, 0.2) is 12.7 Å². The fourth-order valence-electron chi connectivity index (χ4n) is 1.01. The number of carbonyl (C=O) groups excluding carboxylic acids is 2. The topological polar surface area (TPSA) is 77.8 Å². The Labute approximate surface area is 68.9 Å². The van der Waals surface area contributed by atoms with Crippen molar-refractivity contribution in [3.8, 4) is 0 Å². The summed E-state index contributed by atoms with van der Waals surface area (Å²) in [5.74, 6) is -1.54. The molecule has 0 unspecified atom stereocenters. The molecule has 0 spiro atoms. The van der Waals surface area contributed by atoms with Crippen molar-refractivity contribution in [1.29, 1.82) is 0 Å². The maximum absolute atomic E-state index is 11.0. The van der Waals surface area contributed by atoms with Crippen LogP contribution < -0.4 is 0 Å². The highest BCUT2D eigenvalue weighted by Gasteiger charge is 2.45. The van der Waals surface area contributed by atoms with Crippen LogP contribution in [0.25, 0.3) is 0 Å². The summed E-state index contributed by atoms with van der Waals surface area (Å²) in [4.78, 5) is 22.7. The molecule has 5 nitrogen and oxygen atoms in total. The molecule has 2 amide bonds. The molecular weight excluding hydrogens is 162 g/mol. The minimum Gasteiger partial charge on any atom is -0.380 e. The van der Waals surface area contributed by atoms with E-state index in [2.05, 4.69) is 6.58 Å². The Kier molecular flexibility index (Phi) is 2.25. The molecule has 0 aromatic rings. The molecular formula is C7H9NO4. The molecule has 1 aliphatic heterocycles. The lowest BCUT2D eigenvalue weighted by Crippen LogP contribution is -2.32. The third kappa shape index (κ3) is 1.13. The Balaban J connectivity index is 2.83. The van der Waals surface area contributed by atoms with Crippen LogP contribution in [-0.2, 0) is 9.59 Å². The molecule has 0 saturated carbocycles. The standard InChI is InChI=1S/C7H9NO4/c1-2-3-8-6(11)4(9)5(10)7(8)12/h2,4-5,9-10H,1,3H2/t4-,5-/m1/s1. The summed E-state index contributed by atoms with van der Waals surface area (Å²) in [5, 5.41) is 17.9. The number of aliphatic hydroxyl groups is 2. The third-order valence-electron chi connectivity index (χ3n) is 1.65. The number of carbonyl (C=O) groups is 2. The van der Waals surface area contributed by atoms with Crippen molar-refractivity contribution in [2.75, 3.05) is 6.54 Å². The number of hydrogen-bond donors (Lipinski definition) is 2. The summed E-state index contributed by atoms with van der Waals surface area (Å²) in [7, 11) is 0. The van der Waals surface area contributed by atoms with Gasteiger partial charge < -0.3 is 10.2 Å². The molecule has 1 fully saturated rings. The fraction of sp³-hybridized carbons (Fsp3) is 0.429. The molecule has 0 aromatic carbocycles. The largest absolute Gasteiger partial charge is 0.380 e. The van der Waals surface area contributed by atoms with E-state index in [1.165, 1.54) is 6.08 Å². The van der Waals surface area contributed by atoms with Gasteiger partial charge in [-0.05, 0) is 0 Å². The van der Waals surface area contributed by atoms with Crippen LogP contribution in [0, 0.1) is 0 Å². The van der Waals surface area contributed by atoms with E-state index in [9.17, 15) is 9.59 Å². The van der Waals surface area contributed by atoms with Crippen LogP contribution >= 0.6 is 0 Å². The van der Waals surface area contributed by atoms with Crippen LogP contribution in [0.2, 0.25) is 0 Å². The van der Waals surface area contributed by atoms with Gasteiger partial charge in [-0.1, -0.05) is 6.08 Å². The number of likely N-dealkylation sites (tertiary alicyclic amines) is 1. The summed E-state index contributed by atoms with van der Waals surface area (Å²) in [6.07, 6.45) is -1.88. The first-order valence-electron chi connectivity index (χ1n) is 3.42. The lowest BCUT2D eigenvalue weighted by molar-refractivity contribution is -0.140. The van der Waals surface area contributed by atoms with Crippen molar-refractivity contribution in [3.05, 3.63) is 12.7 Å². The van der Waals surface area contributed by atoms with Crippen LogP contribution in [0.3, 0.4) is 0 Å². The average Bonchev–Trinajstić information content (AvgIpc) is 2.23. The molecule has 2 N–H and O–H groups in total. The Morgan fingerprint density at radius 1 is 1.33 bits per heavy atom. The third-order valence-corrected chi connectivity index (χ3v) is 1.65. The highest BCUT2D eigenvalue weighted by molar-refractivity contribution is 6.07. The van der Waals surface area contributed by atoms with Crippen molar-refractivity contribution >= 4 is 11.8 Å². The van der Waals surface area contributed by atoms with E-state index < -0.39 is 24.0 Å². The van der Waals surface area contributed by atoms with E-state index in [0.29, 0.717) is 0 Å². The molecule has 1 rings (SSSR count). The zero-order valence-corrected chi connectivity index (χ0v) is 6.30. The smallest absolute Gasteiger partial charge is 0.261 e. The number of rotatable bonds is 2. The van der Waals surface area contributed by atoms with Gasteiger partial charge >= 0.3 is 0 Å². The summed E-state index contributed by atoms with van der Waals surface area (Å²) in [5.41, 5.74) is 0. The summed E-state index contributed by atoms with van der Waals surface area (Å²) >= 11 is 0. The normalized spacial score (nSPS) is 29.7. The molecule has 66 valence electrons. The van der Waals surface area contributed by atoms with Crippen molar-refractivity contribution in [2.24, 2.45) is 0 Å². The van der Waals surface area contributed by atoms with Gasteiger partial charge in [0, 0.05) is 6.54 Å². The monoisotopic (exact) mass is 171 g/mol. The molecule has 0 bridgehead atoms. The molecule has 0 radical (unpaired) electrons. The highest BCUT2D eigenvalue weighted by Crippen LogP contribution is 2.12. The summed E-state index contributed by atoms with van der Waals surface area (Å²) < 4.78 is 0. The quantitative estimate of drug-likeness (QED) is 0.382. The first kappa shape index (κ1) is 8.89. The fourth-order valence-corrected chi connectivity index (χ4v) is 1.01. The van der Waals surface area contributed by atoms with E-state index in [4.69, 9.17) is 10.2 Å². The van der Waals surface area contributed by atoms with Gasteiger partial charge in [0.05, 0.1) is 0 Å². The van der Waals surface area contributed by atoms with E-state index >= 15 is 0 Å². The van der Waals surface area contributed by atoms with Crippen LogP contribution in [0.4, 0.5) is 0 Å². The Hall–Kier alpha value is -1.20. The van der Waals surface area contributed by atoms with E-state index in [1.807, 2.05) is 0 Å². The minimum atomic E-state index is -1.61. The molecule has 0 aromatic heterocycles. The van der Waals surface area contributed by atoms with E-state index in [-0.39, 0.29) is 6.54 Å². The predicted molar refractivity (Wildman–Crippen MR) is 38.9 cm³/mol. The van der Waals surface area contributed by atoms with Crippen molar-refractivity contribution in [2.45, 2.75) is 12.2 Å². The molecule has 2 atom stereocenters. The Morgan fingerprint density at radius 3 is 2.08 bits per heavy atom. The second-order valence-corrected chi connectivity index (χ2v) is 2.47. The molecule has 1 heterocycles. The molecule has 1 aliphatic rings. The van der Waals surface area contributed by atoms with Crippen molar-refractivity contribution < 1.29 is 19.8 Å². The Bertz CT molecular complexity index is 218. The molecule has 0 aliphatic carbocycles. The van der Waals surface area contributed by atoms with Gasteiger partial charge in [0.2, 0.25) is 0 Å². The predicted octanol–water partition coefficient (Wildman–Crippen LogP) is -1.74. The molecule has 5 heteroatoms.